The first-order valence-corrected chi connectivity index (χ1v) is 9.17. The number of benzene rings is 2. The summed E-state index contributed by atoms with van der Waals surface area (Å²) in [5, 5.41) is 0. The molecule has 0 aromatic heterocycles. The van der Waals surface area contributed by atoms with Crippen LogP contribution >= 0.6 is 0 Å². The molecule has 0 heterocycles. The summed E-state index contributed by atoms with van der Waals surface area (Å²) in [6.07, 6.45) is -1.06. The fourth-order valence-electron chi connectivity index (χ4n) is 2.56. The molecular weight excluding hydrogens is 358 g/mol. The number of hydrogen-bond acceptors (Lipinski definition) is 5. The summed E-state index contributed by atoms with van der Waals surface area (Å²) >= 11 is 0. The van der Waals surface area contributed by atoms with Gasteiger partial charge in [0.2, 0.25) is 0 Å². The molecule has 0 aliphatic rings. The van der Waals surface area contributed by atoms with Gasteiger partial charge in [-0.3, -0.25) is 20.4 Å². The number of nitrogens with one attached hydrogen (secondary N) is 2. The molecule has 2 amide bonds. The van der Waals surface area contributed by atoms with Crippen molar-refractivity contribution in [1.29, 1.82) is 0 Å². The molecule has 1 atom stereocenters. The van der Waals surface area contributed by atoms with Crippen molar-refractivity contribution in [2.75, 3.05) is 18.0 Å². The van der Waals surface area contributed by atoms with Crippen molar-refractivity contribution in [1.82, 2.24) is 10.9 Å². The Morgan fingerprint density at radius 3 is 2.07 bits per heavy atom. The number of amides is 2. The minimum atomic E-state index is -1.06. The van der Waals surface area contributed by atoms with Gasteiger partial charge in [0.05, 0.1) is 5.56 Å². The SMILES string of the molecule is CCN(CC)c1ccc(C(=O)O[C@@H](C)C(=O)NNC(=O)c2ccccc2)cc1. The molecule has 7 heteroatoms. The van der Waals surface area contributed by atoms with Crippen LogP contribution in [-0.4, -0.2) is 37.0 Å². The highest BCUT2D eigenvalue weighted by atomic mass is 16.5. The number of ether oxygens (including phenoxy) is 1. The number of hydrazine groups is 1. The molecule has 2 aromatic rings. The molecule has 2 N–H and O–H groups in total. The molecule has 0 fully saturated rings. The maximum Gasteiger partial charge on any atom is 0.338 e. The van der Waals surface area contributed by atoms with Gasteiger partial charge in [-0.05, 0) is 57.2 Å². The van der Waals surface area contributed by atoms with Gasteiger partial charge in [0.25, 0.3) is 11.8 Å². The van der Waals surface area contributed by atoms with Crippen molar-refractivity contribution in [3.63, 3.8) is 0 Å². The Bertz CT molecular complexity index is 802. The van der Waals surface area contributed by atoms with Crippen molar-refractivity contribution >= 4 is 23.5 Å². The normalized spacial score (nSPS) is 11.2. The van der Waals surface area contributed by atoms with Crippen LogP contribution in [0.1, 0.15) is 41.5 Å². The number of carbonyl (C=O) groups excluding carboxylic acids is 3. The summed E-state index contributed by atoms with van der Waals surface area (Å²) in [5.41, 5.74) is 6.31. The molecule has 0 aliphatic heterocycles. The second kappa shape index (κ2) is 10.1. The van der Waals surface area contributed by atoms with Crippen molar-refractivity contribution in [3.05, 3.63) is 65.7 Å². The Morgan fingerprint density at radius 2 is 1.50 bits per heavy atom. The summed E-state index contributed by atoms with van der Waals surface area (Å²) in [4.78, 5) is 38.4. The van der Waals surface area contributed by atoms with E-state index in [-0.39, 0.29) is 0 Å². The highest BCUT2D eigenvalue weighted by Gasteiger charge is 2.19. The molecule has 0 bridgehead atoms. The molecule has 0 unspecified atom stereocenters. The van der Waals surface area contributed by atoms with Gasteiger partial charge in [0, 0.05) is 24.3 Å². The van der Waals surface area contributed by atoms with E-state index in [9.17, 15) is 14.4 Å². The van der Waals surface area contributed by atoms with E-state index < -0.39 is 23.9 Å². The average Bonchev–Trinajstić information content (AvgIpc) is 2.73. The number of hydrogen-bond donors (Lipinski definition) is 2. The predicted octanol–water partition coefficient (Wildman–Crippen LogP) is 2.54. The largest absolute Gasteiger partial charge is 0.449 e. The van der Waals surface area contributed by atoms with E-state index in [0.29, 0.717) is 11.1 Å². The molecule has 0 aliphatic carbocycles. The minimum Gasteiger partial charge on any atom is -0.449 e. The van der Waals surface area contributed by atoms with Gasteiger partial charge in [-0.15, -0.1) is 0 Å². The Morgan fingerprint density at radius 1 is 0.893 bits per heavy atom. The molecular formula is C21H25N3O4. The number of esters is 1. The standard InChI is InChI=1S/C21H25N3O4/c1-4-24(5-2)18-13-11-17(12-14-18)21(27)28-15(3)19(25)22-23-20(26)16-9-7-6-8-10-16/h6-15H,4-5H2,1-3H3,(H,22,25)(H,23,26)/t15-/m0/s1. The summed E-state index contributed by atoms with van der Waals surface area (Å²) in [6.45, 7) is 7.29. The molecule has 0 saturated heterocycles. The van der Waals surface area contributed by atoms with Crippen LogP contribution in [0.25, 0.3) is 0 Å². The second-order valence-electron chi connectivity index (χ2n) is 6.08. The van der Waals surface area contributed by atoms with Gasteiger partial charge in [-0.2, -0.15) is 0 Å². The van der Waals surface area contributed by atoms with Crippen molar-refractivity contribution in [2.45, 2.75) is 26.9 Å². The molecule has 2 rings (SSSR count). The van der Waals surface area contributed by atoms with Gasteiger partial charge in [0.15, 0.2) is 6.10 Å². The molecule has 0 radical (unpaired) electrons. The first-order valence-electron chi connectivity index (χ1n) is 9.17. The molecule has 2 aromatic carbocycles. The number of rotatable bonds is 7. The number of anilines is 1. The maximum absolute atomic E-state index is 12.2. The molecule has 148 valence electrons. The van der Waals surface area contributed by atoms with Crippen molar-refractivity contribution < 1.29 is 19.1 Å². The Labute approximate surface area is 164 Å². The van der Waals surface area contributed by atoms with E-state index in [4.69, 9.17) is 4.74 Å². The second-order valence-corrected chi connectivity index (χ2v) is 6.08. The first kappa shape index (κ1) is 21.0. The maximum atomic E-state index is 12.2. The lowest BCUT2D eigenvalue weighted by Gasteiger charge is -2.21. The topological polar surface area (TPSA) is 87.7 Å². The number of nitrogens with zero attached hydrogens (tertiary/aromatic N) is 1. The summed E-state index contributed by atoms with van der Waals surface area (Å²) in [5.74, 6) is -1.69. The van der Waals surface area contributed by atoms with E-state index in [1.165, 1.54) is 6.92 Å². The third-order valence-electron chi connectivity index (χ3n) is 4.22. The molecule has 7 nitrogen and oxygen atoms in total. The molecule has 0 spiro atoms. The van der Waals surface area contributed by atoms with E-state index in [1.807, 2.05) is 12.1 Å². The summed E-state index contributed by atoms with van der Waals surface area (Å²) in [6, 6.07) is 15.5. The fourth-order valence-corrected chi connectivity index (χ4v) is 2.56. The zero-order valence-electron chi connectivity index (χ0n) is 16.3. The highest BCUT2D eigenvalue weighted by molar-refractivity contribution is 5.96. The van der Waals surface area contributed by atoms with Crippen LogP contribution in [0.5, 0.6) is 0 Å². The van der Waals surface area contributed by atoms with Crippen LogP contribution in [0.4, 0.5) is 5.69 Å². The van der Waals surface area contributed by atoms with Gasteiger partial charge in [-0.25, -0.2) is 4.79 Å². The first-order chi connectivity index (χ1) is 13.5. The van der Waals surface area contributed by atoms with Crippen molar-refractivity contribution in [3.8, 4) is 0 Å². The van der Waals surface area contributed by atoms with Gasteiger partial charge in [-0.1, -0.05) is 18.2 Å². The van der Waals surface area contributed by atoms with Crippen LogP contribution in [0.3, 0.4) is 0 Å². The average molecular weight is 383 g/mol. The quantitative estimate of drug-likeness (QED) is 0.567. The molecule has 0 saturated carbocycles. The summed E-state index contributed by atoms with van der Waals surface area (Å²) in [7, 11) is 0. The molecule has 28 heavy (non-hydrogen) atoms. The van der Waals surface area contributed by atoms with Crippen LogP contribution < -0.4 is 15.8 Å². The van der Waals surface area contributed by atoms with Crippen LogP contribution in [0.2, 0.25) is 0 Å². The van der Waals surface area contributed by atoms with E-state index >= 15 is 0 Å². The number of carbonyl (C=O) groups is 3. The van der Waals surface area contributed by atoms with Crippen LogP contribution in [0, 0.1) is 0 Å². The Hall–Kier alpha value is -3.35. The third kappa shape index (κ3) is 5.57. The highest BCUT2D eigenvalue weighted by Crippen LogP contribution is 2.15. The van der Waals surface area contributed by atoms with Gasteiger partial charge >= 0.3 is 5.97 Å². The van der Waals surface area contributed by atoms with E-state index in [1.54, 1.807) is 42.5 Å². The monoisotopic (exact) mass is 383 g/mol. The Balaban J connectivity index is 1.87. The van der Waals surface area contributed by atoms with E-state index in [2.05, 4.69) is 29.6 Å². The lowest BCUT2D eigenvalue weighted by atomic mass is 10.2. The smallest absolute Gasteiger partial charge is 0.338 e. The van der Waals surface area contributed by atoms with Crippen LogP contribution in [0.15, 0.2) is 54.6 Å². The van der Waals surface area contributed by atoms with Crippen LogP contribution in [-0.2, 0) is 9.53 Å². The Kier molecular flexibility index (Phi) is 7.56. The lowest BCUT2D eigenvalue weighted by Crippen LogP contribution is -2.46. The third-order valence-corrected chi connectivity index (χ3v) is 4.22. The van der Waals surface area contributed by atoms with Gasteiger partial charge < -0.3 is 9.64 Å². The van der Waals surface area contributed by atoms with Crippen molar-refractivity contribution in [2.24, 2.45) is 0 Å². The minimum absolute atomic E-state index is 0.351. The zero-order chi connectivity index (χ0) is 20.5. The van der Waals surface area contributed by atoms with Gasteiger partial charge in [0.1, 0.15) is 0 Å². The van der Waals surface area contributed by atoms with E-state index in [0.717, 1.165) is 18.8 Å². The lowest BCUT2D eigenvalue weighted by molar-refractivity contribution is -0.129. The predicted molar refractivity (Wildman–Crippen MR) is 107 cm³/mol. The summed E-state index contributed by atoms with van der Waals surface area (Å²) < 4.78 is 5.17. The fraction of sp³-hybridized carbons (Fsp3) is 0.286. The zero-order valence-corrected chi connectivity index (χ0v) is 16.3.